The monoisotopic (exact) mass is 468 g/mol. The maximum absolute atomic E-state index is 12.4. The van der Waals surface area contributed by atoms with Gasteiger partial charge in [-0.05, 0) is 30.5 Å². The normalized spacial score (nSPS) is 13.4. The molecule has 0 saturated heterocycles. The van der Waals surface area contributed by atoms with Crippen LogP contribution >= 0.6 is 39.0 Å². The van der Waals surface area contributed by atoms with Gasteiger partial charge in [0.05, 0.1) is 5.75 Å². The molecule has 1 heterocycles. The van der Waals surface area contributed by atoms with E-state index in [9.17, 15) is 9.59 Å². The van der Waals surface area contributed by atoms with Crippen LogP contribution in [0.2, 0.25) is 0 Å². The fraction of sp³-hybridized carbons (Fsp3) is 0.444. The number of amides is 2. The third kappa shape index (κ3) is 5.52. The average molecular weight is 469 g/mol. The molecule has 1 aromatic heterocycles. The summed E-state index contributed by atoms with van der Waals surface area (Å²) in [6.45, 7) is 2.42. The molecule has 2 aromatic rings. The molecule has 3 rings (SSSR count). The van der Waals surface area contributed by atoms with E-state index in [4.69, 9.17) is 0 Å². The molecular weight excluding hydrogens is 448 g/mol. The van der Waals surface area contributed by atoms with Gasteiger partial charge in [-0.25, -0.2) is 0 Å². The van der Waals surface area contributed by atoms with Crippen LogP contribution in [0, 0.1) is 0 Å². The molecule has 0 atom stereocenters. The second-order valence-corrected chi connectivity index (χ2v) is 9.46. The van der Waals surface area contributed by atoms with E-state index in [2.05, 4.69) is 26.1 Å². The van der Waals surface area contributed by atoms with E-state index in [1.807, 2.05) is 31.2 Å². The van der Waals surface area contributed by atoms with Crippen molar-refractivity contribution in [1.29, 1.82) is 0 Å². The van der Waals surface area contributed by atoms with Gasteiger partial charge in [0.25, 0.3) is 0 Å². The molecule has 0 aliphatic heterocycles. The first-order chi connectivity index (χ1) is 13.0. The van der Waals surface area contributed by atoms with E-state index in [1.54, 1.807) is 16.8 Å². The van der Waals surface area contributed by atoms with Gasteiger partial charge in [-0.15, -0.1) is 10.2 Å². The van der Waals surface area contributed by atoms with Crippen molar-refractivity contribution in [2.24, 2.45) is 0 Å². The summed E-state index contributed by atoms with van der Waals surface area (Å²) < 4.78 is 1.73. The molecule has 27 heavy (non-hydrogen) atoms. The van der Waals surface area contributed by atoms with Gasteiger partial charge in [0.15, 0.2) is 4.34 Å². The molecule has 0 radical (unpaired) electrons. The van der Waals surface area contributed by atoms with E-state index >= 15 is 0 Å². The Morgan fingerprint density at radius 3 is 2.56 bits per heavy atom. The fourth-order valence-electron chi connectivity index (χ4n) is 2.51. The molecular formula is C18H21BrN4O2S2. The first-order valence-electron chi connectivity index (χ1n) is 8.74. The zero-order chi connectivity index (χ0) is 19.4. The molecule has 1 saturated carbocycles. The lowest BCUT2D eigenvalue weighted by Gasteiger charge is -2.17. The number of hydrogen-bond acceptors (Lipinski definition) is 6. The van der Waals surface area contributed by atoms with Crippen LogP contribution in [0.3, 0.4) is 0 Å². The van der Waals surface area contributed by atoms with Crippen molar-refractivity contribution >= 4 is 56.0 Å². The maximum Gasteiger partial charge on any atom is 0.233 e. The Morgan fingerprint density at radius 1 is 1.22 bits per heavy atom. The summed E-state index contributed by atoms with van der Waals surface area (Å²) in [5, 5.41) is 8.96. The molecule has 1 aliphatic carbocycles. The fourth-order valence-corrected chi connectivity index (χ4v) is 4.65. The summed E-state index contributed by atoms with van der Waals surface area (Å²) in [6.07, 6.45) is 2.50. The zero-order valence-corrected chi connectivity index (χ0v) is 18.4. The third-order valence-corrected chi connectivity index (χ3v) is 6.73. The van der Waals surface area contributed by atoms with Crippen molar-refractivity contribution in [3.05, 3.63) is 34.3 Å². The summed E-state index contributed by atoms with van der Waals surface area (Å²) in [5.74, 6) is 0.408. The number of anilines is 1. The van der Waals surface area contributed by atoms with Crippen LogP contribution in [0.15, 0.2) is 33.1 Å². The molecule has 2 amide bonds. The minimum atomic E-state index is 0.0309. The van der Waals surface area contributed by atoms with Crippen molar-refractivity contribution in [3.63, 3.8) is 0 Å². The van der Waals surface area contributed by atoms with Crippen LogP contribution in [0.1, 0.15) is 31.7 Å². The van der Waals surface area contributed by atoms with Gasteiger partial charge < -0.3 is 4.90 Å². The molecule has 9 heteroatoms. The number of halogens is 1. The quantitative estimate of drug-likeness (QED) is 0.433. The second-order valence-electron chi connectivity index (χ2n) is 6.36. The highest BCUT2D eigenvalue weighted by atomic mass is 79.9. The molecule has 1 fully saturated rings. The lowest BCUT2D eigenvalue weighted by Crippen LogP contribution is -2.32. The van der Waals surface area contributed by atoms with Crippen molar-refractivity contribution in [2.45, 2.75) is 43.1 Å². The SMILES string of the molecule is CCC(=O)N(c1nnc(SCC(=O)N(C)Cc2ccc(Br)cc2)s1)C1CC1. The minimum absolute atomic E-state index is 0.0309. The van der Waals surface area contributed by atoms with Crippen molar-refractivity contribution < 1.29 is 9.59 Å². The summed E-state index contributed by atoms with van der Waals surface area (Å²) in [4.78, 5) is 28.0. The second kappa shape index (κ2) is 9.16. The Bertz CT molecular complexity index is 808. The number of aromatic nitrogens is 2. The lowest BCUT2D eigenvalue weighted by atomic mass is 10.2. The topological polar surface area (TPSA) is 66.4 Å². The van der Waals surface area contributed by atoms with Gasteiger partial charge >= 0.3 is 0 Å². The number of benzene rings is 1. The molecule has 0 unspecified atom stereocenters. The Balaban J connectivity index is 1.53. The standard InChI is InChI=1S/C18H21BrN4O2S2/c1-3-15(24)23(14-8-9-14)17-20-21-18(27-17)26-11-16(25)22(2)10-12-4-6-13(19)7-5-12/h4-7,14H,3,8-11H2,1-2H3. The number of thioether (sulfide) groups is 1. The zero-order valence-electron chi connectivity index (χ0n) is 15.2. The van der Waals surface area contributed by atoms with E-state index < -0.39 is 0 Å². The van der Waals surface area contributed by atoms with Crippen LogP contribution in [0.4, 0.5) is 5.13 Å². The van der Waals surface area contributed by atoms with E-state index in [-0.39, 0.29) is 17.9 Å². The number of carbonyl (C=O) groups is 2. The Kier molecular flexibility index (Phi) is 6.88. The number of hydrogen-bond donors (Lipinski definition) is 0. The molecule has 0 spiro atoms. The summed E-state index contributed by atoms with van der Waals surface area (Å²) >= 11 is 6.16. The van der Waals surface area contributed by atoms with E-state index in [1.165, 1.54) is 23.1 Å². The highest BCUT2D eigenvalue weighted by molar-refractivity contribution is 9.10. The minimum Gasteiger partial charge on any atom is -0.341 e. The maximum atomic E-state index is 12.4. The van der Waals surface area contributed by atoms with Crippen LogP contribution in [-0.2, 0) is 16.1 Å². The number of carbonyl (C=O) groups excluding carboxylic acids is 2. The smallest absolute Gasteiger partial charge is 0.233 e. The Labute approximate surface area is 175 Å². The van der Waals surface area contributed by atoms with Crippen LogP contribution in [0.5, 0.6) is 0 Å². The van der Waals surface area contributed by atoms with Crippen LogP contribution in [-0.4, -0.2) is 45.8 Å². The van der Waals surface area contributed by atoms with Crippen LogP contribution < -0.4 is 4.90 Å². The van der Waals surface area contributed by atoms with Gasteiger partial charge in [0, 0.05) is 30.5 Å². The number of nitrogens with zero attached hydrogens (tertiary/aromatic N) is 4. The van der Waals surface area contributed by atoms with E-state index in [0.717, 1.165) is 22.9 Å². The highest BCUT2D eigenvalue weighted by Gasteiger charge is 2.35. The van der Waals surface area contributed by atoms with Crippen molar-refractivity contribution in [3.8, 4) is 0 Å². The number of rotatable bonds is 8. The van der Waals surface area contributed by atoms with Gasteiger partial charge in [0.1, 0.15) is 0 Å². The van der Waals surface area contributed by atoms with Crippen molar-refractivity contribution in [1.82, 2.24) is 15.1 Å². The lowest BCUT2D eigenvalue weighted by molar-refractivity contribution is -0.127. The molecule has 0 N–H and O–H groups in total. The Morgan fingerprint density at radius 2 is 1.93 bits per heavy atom. The Hall–Kier alpha value is -1.45. The highest BCUT2D eigenvalue weighted by Crippen LogP contribution is 2.36. The molecule has 6 nitrogen and oxygen atoms in total. The summed E-state index contributed by atoms with van der Waals surface area (Å²) in [5.41, 5.74) is 1.08. The molecule has 0 bridgehead atoms. The third-order valence-electron chi connectivity index (χ3n) is 4.16. The predicted molar refractivity (Wildman–Crippen MR) is 112 cm³/mol. The largest absolute Gasteiger partial charge is 0.341 e. The van der Waals surface area contributed by atoms with Gasteiger partial charge in [-0.2, -0.15) is 0 Å². The van der Waals surface area contributed by atoms with Crippen molar-refractivity contribution in [2.75, 3.05) is 17.7 Å². The van der Waals surface area contributed by atoms with E-state index in [0.29, 0.717) is 28.2 Å². The first kappa shape index (κ1) is 20.3. The molecule has 1 aliphatic rings. The average Bonchev–Trinajstić information content (AvgIpc) is 3.39. The molecule has 1 aromatic carbocycles. The first-order valence-corrected chi connectivity index (χ1v) is 11.3. The summed E-state index contributed by atoms with van der Waals surface area (Å²) in [7, 11) is 1.80. The van der Waals surface area contributed by atoms with Crippen LogP contribution in [0.25, 0.3) is 0 Å². The summed E-state index contributed by atoms with van der Waals surface area (Å²) in [6, 6.07) is 8.19. The predicted octanol–water partition coefficient (Wildman–Crippen LogP) is 3.96. The van der Waals surface area contributed by atoms with Gasteiger partial charge in [0.2, 0.25) is 16.9 Å². The van der Waals surface area contributed by atoms with Gasteiger partial charge in [-0.1, -0.05) is 58.1 Å². The molecule has 144 valence electrons. The van der Waals surface area contributed by atoms with Gasteiger partial charge in [-0.3, -0.25) is 14.5 Å².